The minimum Gasteiger partial charge on any atom is -0.393 e. The average Bonchev–Trinajstić information content (AvgIpc) is 3.02. The van der Waals surface area contributed by atoms with Crippen LogP contribution in [0.2, 0.25) is 0 Å². The zero-order valence-corrected chi connectivity index (χ0v) is 11.4. The van der Waals surface area contributed by atoms with E-state index in [0.29, 0.717) is 6.61 Å². The van der Waals surface area contributed by atoms with E-state index in [1.807, 2.05) is 18.2 Å². The first-order chi connectivity index (χ1) is 9.07. The van der Waals surface area contributed by atoms with Crippen LogP contribution in [0.25, 0.3) is 0 Å². The molecule has 4 nitrogen and oxygen atoms in total. The SMILES string of the molecule is COCC1C(=CC(C)(O)CO)N1Cc1ccccc1. The molecule has 1 heterocycles. The van der Waals surface area contributed by atoms with Crippen LogP contribution in [0, 0.1) is 0 Å². The molecule has 2 N–H and O–H groups in total. The second-order valence-electron chi connectivity index (χ2n) is 5.17. The van der Waals surface area contributed by atoms with Gasteiger partial charge in [0.1, 0.15) is 5.60 Å². The molecule has 1 fully saturated rings. The van der Waals surface area contributed by atoms with Gasteiger partial charge in [0.2, 0.25) is 0 Å². The van der Waals surface area contributed by atoms with Gasteiger partial charge in [0.15, 0.2) is 0 Å². The molecule has 19 heavy (non-hydrogen) atoms. The zero-order valence-electron chi connectivity index (χ0n) is 11.4. The van der Waals surface area contributed by atoms with Crippen molar-refractivity contribution in [3.05, 3.63) is 47.7 Å². The lowest BCUT2D eigenvalue weighted by molar-refractivity contribution is 0.0429. The van der Waals surface area contributed by atoms with Crippen molar-refractivity contribution in [2.75, 3.05) is 20.3 Å². The minimum absolute atomic E-state index is 0.197. The summed E-state index contributed by atoms with van der Waals surface area (Å²) < 4.78 is 5.19. The third-order valence-electron chi connectivity index (χ3n) is 3.28. The number of hydrogen-bond acceptors (Lipinski definition) is 4. The predicted octanol–water partition coefficient (Wildman–Crippen LogP) is 1.14. The second-order valence-corrected chi connectivity index (χ2v) is 5.17. The van der Waals surface area contributed by atoms with Gasteiger partial charge in [0.25, 0.3) is 0 Å². The van der Waals surface area contributed by atoms with Crippen molar-refractivity contribution in [3.8, 4) is 0 Å². The number of aliphatic hydroxyl groups is 2. The highest BCUT2D eigenvalue weighted by Crippen LogP contribution is 2.36. The van der Waals surface area contributed by atoms with Gasteiger partial charge in [-0.2, -0.15) is 0 Å². The Kier molecular flexibility index (Phi) is 4.24. The first-order valence-corrected chi connectivity index (χ1v) is 6.43. The summed E-state index contributed by atoms with van der Waals surface area (Å²) in [6, 6.07) is 10.4. The fourth-order valence-corrected chi connectivity index (χ4v) is 2.16. The molecular formula is C15H21NO3. The van der Waals surface area contributed by atoms with E-state index in [9.17, 15) is 5.11 Å². The molecular weight excluding hydrogens is 242 g/mol. The van der Waals surface area contributed by atoms with Gasteiger partial charge in [0.05, 0.1) is 19.3 Å². The van der Waals surface area contributed by atoms with E-state index in [-0.39, 0.29) is 12.6 Å². The molecule has 2 atom stereocenters. The summed E-state index contributed by atoms with van der Waals surface area (Å²) in [5, 5.41) is 19.0. The lowest BCUT2D eigenvalue weighted by Crippen LogP contribution is -2.25. The van der Waals surface area contributed by atoms with Gasteiger partial charge < -0.3 is 19.8 Å². The van der Waals surface area contributed by atoms with Crippen molar-refractivity contribution in [2.45, 2.75) is 25.1 Å². The molecule has 1 saturated heterocycles. The molecule has 1 aromatic rings. The maximum atomic E-state index is 9.91. The minimum atomic E-state index is -1.17. The first kappa shape index (κ1) is 14.1. The molecule has 104 valence electrons. The third kappa shape index (κ3) is 3.56. The van der Waals surface area contributed by atoms with E-state index in [0.717, 1.165) is 12.2 Å². The van der Waals surface area contributed by atoms with Gasteiger partial charge in [-0.25, -0.2) is 0 Å². The number of methoxy groups -OCH3 is 1. The Morgan fingerprint density at radius 2 is 2.05 bits per heavy atom. The van der Waals surface area contributed by atoms with E-state index < -0.39 is 5.60 Å². The summed E-state index contributed by atoms with van der Waals surface area (Å²) >= 11 is 0. The van der Waals surface area contributed by atoms with Crippen LogP contribution in [-0.4, -0.2) is 47.1 Å². The van der Waals surface area contributed by atoms with E-state index in [4.69, 9.17) is 9.84 Å². The summed E-state index contributed by atoms with van der Waals surface area (Å²) in [6.45, 7) is 2.71. The summed E-state index contributed by atoms with van der Waals surface area (Å²) in [4.78, 5) is 2.17. The number of nitrogens with zero attached hydrogens (tertiary/aromatic N) is 1. The fraction of sp³-hybridized carbons (Fsp3) is 0.467. The molecule has 0 bridgehead atoms. The summed E-state index contributed by atoms with van der Waals surface area (Å²) in [6.07, 6.45) is 1.72. The number of ether oxygens (including phenoxy) is 1. The van der Waals surface area contributed by atoms with Gasteiger partial charge in [0, 0.05) is 19.4 Å². The van der Waals surface area contributed by atoms with Crippen molar-refractivity contribution >= 4 is 0 Å². The highest BCUT2D eigenvalue weighted by atomic mass is 16.5. The van der Waals surface area contributed by atoms with Gasteiger partial charge in [-0.15, -0.1) is 0 Å². The molecule has 0 amide bonds. The van der Waals surface area contributed by atoms with Crippen LogP contribution in [-0.2, 0) is 11.3 Å². The average molecular weight is 263 g/mol. The van der Waals surface area contributed by atoms with Crippen LogP contribution in [0.3, 0.4) is 0 Å². The summed E-state index contributed by atoms with van der Waals surface area (Å²) in [7, 11) is 1.67. The Morgan fingerprint density at radius 1 is 1.37 bits per heavy atom. The molecule has 2 rings (SSSR count). The first-order valence-electron chi connectivity index (χ1n) is 6.43. The monoisotopic (exact) mass is 263 g/mol. The van der Waals surface area contributed by atoms with E-state index in [1.54, 1.807) is 20.1 Å². The van der Waals surface area contributed by atoms with Crippen LogP contribution in [0.15, 0.2) is 42.1 Å². The normalized spacial score (nSPS) is 23.5. The van der Waals surface area contributed by atoms with Crippen molar-refractivity contribution in [1.82, 2.24) is 4.90 Å². The summed E-state index contributed by atoms with van der Waals surface area (Å²) in [5.41, 5.74) is 1.08. The zero-order chi connectivity index (χ0) is 13.9. The number of aliphatic hydroxyl groups excluding tert-OH is 1. The Labute approximate surface area is 113 Å². The molecule has 0 aliphatic carbocycles. The lowest BCUT2D eigenvalue weighted by atomic mass is 10.1. The third-order valence-corrected chi connectivity index (χ3v) is 3.28. The molecule has 1 aliphatic heterocycles. The van der Waals surface area contributed by atoms with E-state index >= 15 is 0 Å². The number of rotatable bonds is 6. The Bertz CT molecular complexity index is 442. The molecule has 0 saturated carbocycles. The number of hydrogen-bond donors (Lipinski definition) is 2. The van der Waals surface area contributed by atoms with Crippen molar-refractivity contribution in [3.63, 3.8) is 0 Å². The molecule has 0 aromatic heterocycles. The van der Waals surface area contributed by atoms with Crippen LogP contribution in [0.4, 0.5) is 0 Å². The molecule has 4 heteroatoms. The maximum absolute atomic E-state index is 9.91. The Hall–Kier alpha value is -1.36. The quantitative estimate of drug-likeness (QED) is 0.756. The molecule has 2 unspecified atom stereocenters. The standard InChI is InChI=1S/C15H21NO3/c1-15(18,11-17)8-13-14(10-19-2)16(13)9-12-6-4-3-5-7-12/h3-8,14,17-18H,9-11H2,1-2H3. The largest absolute Gasteiger partial charge is 0.393 e. The van der Waals surface area contributed by atoms with Crippen LogP contribution >= 0.6 is 0 Å². The van der Waals surface area contributed by atoms with Crippen molar-refractivity contribution in [2.24, 2.45) is 0 Å². The van der Waals surface area contributed by atoms with Crippen LogP contribution in [0.1, 0.15) is 12.5 Å². The molecule has 1 aromatic carbocycles. The van der Waals surface area contributed by atoms with Gasteiger partial charge in [-0.1, -0.05) is 30.3 Å². The van der Waals surface area contributed by atoms with Gasteiger partial charge >= 0.3 is 0 Å². The Balaban J connectivity index is 2.07. The summed E-state index contributed by atoms with van der Waals surface area (Å²) in [5.74, 6) is 0. The molecule has 0 spiro atoms. The lowest BCUT2D eigenvalue weighted by Gasteiger charge is -2.14. The fourth-order valence-electron chi connectivity index (χ4n) is 2.16. The molecule has 1 aliphatic rings. The predicted molar refractivity (Wildman–Crippen MR) is 73.4 cm³/mol. The highest BCUT2D eigenvalue weighted by Gasteiger charge is 2.41. The molecule has 0 radical (unpaired) electrons. The van der Waals surface area contributed by atoms with E-state index in [1.165, 1.54) is 5.56 Å². The van der Waals surface area contributed by atoms with Crippen molar-refractivity contribution < 1.29 is 14.9 Å². The van der Waals surface area contributed by atoms with Crippen LogP contribution < -0.4 is 0 Å². The topological polar surface area (TPSA) is 52.7 Å². The Morgan fingerprint density at radius 3 is 2.63 bits per heavy atom. The highest BCUT2D eigenvalue weighted by molar-refractivity contribution is 5.32. The van der Waals surface area contributed by atoms with Crippen LogP contribution in [0.5, 0.6) is 0 Å². The van der Waals surface area contributed by atoms with Crippen molar-refractivity contribution in [1.29, 1.82) is 0 Å². The maximum Gasteiger partial charge on any atom is 0.105 e. The number of benzene rings is 1. The van der Waals surface area contributed by atoms with Gasteiger partial charge in [-0.05, 0) is 18.6 Å². The smallest absolute Gasteiger partial charge is 0.105 e. The van der Waals surface area contributed by atoms with E-state index in [2.05, 4.69) is 17.0 Å². The second kappa shape index (κ2) is 5.74. The van der Waals surface area contributed by atoms with Gasteiger partial charge in [-0.3, -0.25) is 0 Å².